The Morgan fingerprint density at radius 1 is 0.968 bits per heavy atom. The molecule has 1 N–H and O–H groups in total. The van der Waals surface area contributed by atoms with Crippen LogP contribution in [0.25, 0.3) is 21.9 Å². The van der Waals surface area contributed by atoms with Crippen molar-refractivity contribution in [1.82, 2.24) is 5.32 Å². The number of hydrogen-bond acceptors (Lipinski definition) is 3. The molecule has 4 aromatic carbocycles. The van der Waals surface area contributed by atoms with Crippen molar-refractivity contribution in [2.45, 2.75) is 25.9 Å². The maximum absolute atomic E-state index is 5.67. The molecule has 0 saturated heterocycles. The van der Waals surface area contributed by atoms with Crippen LogP contribution in [-0.2, 0) is 13.0 Å². The van der Waals surface area contributed by atoms with Gasteiger partial charge in [-0.2, -0.15) is 0 Å². The van der Waals surface area contributed by atoms with Crippen LogP contribution in [0.2, 0.25) is 0 Å². The third-order valence-corrected chi connectivity index (χ3v) is 6.17. The van der Waals surface area contributed by atoms with Crippen molar-refractivity contribution in [2.24, 2.45) is 0 Å². The molecule has 31 heavy (non-hydrogen) atoms. The molecule has 0 saturated carbocycles. The highest BCUT2D eigenvalue weighted by molar-refractivity contribution is 5.86. The second kappa shape index (κ2) is 8.44. The van der Waals surface area contributed by atoms with E-state index in [-0.39, 0.29) is 6.04 Å². The zero-order valence-corrected chi connectivity index (χ0v) is 18.0. The molecule has 0 aromatic heterocycles. The van der Waals surface area contributed by atoms with Crippen molar-refractivity contribution in [3.8, 4) is 22.6 Å². The Labute approximate surface area is 183 Å². The molecule has 156 valence electrons. The summed E-state index contributed by atoms with van der Waals surface area (Å²) in [5.74, 6) is 1.90. The van der Waals surface area contributed by atoms with Crippen molar-refractivity contribution < 1.29 is 9.47 Å². The van der Waals surface area contributed by atoms with E-state index in [4.69, 9.17) is 9.47 Å². The van der Waals surface area contributed by atoms with Crippen LogP contribution >= 0.6 is 0 Å². The summed E-state index contributed by atoms with van der Waals surface area (Å²) in [6.07, 6.45) is 0.968. The molecule has 4 aromatic rings. The quantitative estimate of drug-likeness (QED) is 0.405. The summed E-state index contributed by atoms with van der Waals surface area (Å²) in [6.45, 7) is 3.79. The monoisotopic (exact) mass is 409 g/mol. The Kier molecular flexibility index (Phi) is 5.35. The van der Waals surface area contributed by atoms with Crippen LogP contribution in [0.5, 0.6) is 11.5 Å². The van der Waals surface area contributed by atoms with Gasteiger partial charge in [0, 0.05) is 24.6 Å². The SMILES string of the molecule is COc1ccc(CN[C@H](C)c2cccc3ccccc23)cc1-c1ccc2c(c1)CCO2. The molecule has 1 atom stereocenters. The van der Waals surface area contributed by atoms with Gasteiger partial charge in [0.25, 0.3) is 0 Å². The van der Waals surface area contributed by atoms with Gasteiger partial charge in [-0.15, -0.1) is 0 Å². The molecule has 0 radical (unpaired) electrons. The van der Waals surface area contributed by atoms with Gasteiger partial charge >= 0.3 is 0 Å². The van der Waals surface area contributed by atoms with E-state index in [1.165, 1.54) is 33.0 Å². The van der Waals surface area contributed by atoms with Gasteiger partial charge in [-0.05, 0) is 64.2 Å². The van der Waals surface area contributed by atoms with Crippen LogP contribution in [0.15, 0.2) is 78.9 Å². The summed E-state index contributed by atoms with van der Waals surface area (Å²) in [5.41, 5.74) is 6.12. The molecule has 0 bridgehead atoms. The van der Waals surface area contributed by atoms with E-state index in [1.54, 1.807) is 7.11 Å². The fourth-order valence-electron chi connectivity index (χ4n) is 4.45. The van der Waals surface area contributed by atoms with E-state index in [0.29, 0.717) is 0 Å². The summed E-state index contributed by atoms with van der Waals surface area (Å²) in [6, 6.07) is 28.2. The summed E-state index contributed by atoms with van der Waals surface area (Å²) >= 11 is 0. The van der Waals surface area contributed by atoms with Gasteiger partial charge in [0.2, 0.25) is 0 Å². The second-order valence-corrected chi connectivity index (χ2v) is 8.13. The van der Waals surface area contributed by atoms with Gasteiger partial charge in [-0.3, -0.25) is 0 Å². The van der Waals surface area contributed by atoms with E-state index in [2.05, 4.69) is 91.1 Å². The molecule has 0 unspecified atom stereocenters. The number of fused-ring (bicyclic) bond motifs is 2. The Balaban J connectivity index is 1.39. The summed E-state index contributed by atoms with van der Waals surface area (Å²) < 4.78 is 11.3. The zero-order chi connectivity index (χ0) is 21.2. The van der Waals surface area contributed by atoms with Crippen LogP contribution in [-0.4, -0.2) is 13.7 Å². The Bertz CT molecular complexity index is 1230. The van der Waals surface area contributed by atoms with Gasteiger partial charge < -0.3 is 14.8 Å². The normalized spacial score (nSPS) is 13.6. The second-order valence-electron chi connectivity index (χ2n) is 8.13. The first-order valence-corrected chi connectivity index (χ1v) is 10.9. The van der Waals surface area contributed by atoms with Gasteiger partial charge in [0.05, 0.1) is 13.7 Å². The van der Waals surface area contributed by atoms with E-state index in [0.717, 1.165) is 36.6 Å². The molecule has 1 aliphatic heterocycles. The van der Waals surface area contributed by atoms with Gasteiger partial charge in [0.15, 0.2) is 0 Å². The molecule has 3 heteroatoms. The number of ether oxygens (including phenoxy) is 2. The molecule has 0 spiro atoms. The van der Waals surface area contributed by atoms with E-state index in [1.807, 2.05) is 0 Å². The van der Waals surface area contributed by atoms with Crippen LogP contribution < -0.4 is 14.8 Å². The lowest BCUT2D eigenvalue weighted by Gasteiger charge is -2.18. The average Bonchev–Trinajstić information content (AvgIpc) is 3.30. The summed E-state index contributed by atoms with van der Waals surface area (Å²) in [7, 11) is 1.73. The predicted octanol–water partition coefficient (Wildman–Crippen LogP) is 6.30. The molecule has 0 fully saturated rings. The van der Waals surface area contributed by atoms with Crippen LogP contribution in [0.1, 0.15) is 29.7 Å². The topological polar surface area (TPSA) is 30.5 Å². The first-order valence-electron chi connectivity index (χ1n) is 10.9. The van der Waals surface area contributed by atoms with Gasteiger partial charge in [0.1, 0.15) is 11.5 Å². The van der Waals surface area contributed by atoms with Gasteiger partial charge in [-0.1, -0.05) is 54.6 Å². The number of rotatable bonds is 6. The smallest absolute Gasteiger partial charge is 0.126 e. The molecule has 0 amide bonds. The maximum Gasteiger partial charge on any atom is 0.126 e. The Hall–Kier alpha value is -3.30. The number of methoxy groups -OCH3 is 1. The highest BCUT2D eigenvalue weighted by atomic mass is 16.5. The van der Waals surface area contributed by atoms with Crippen LogP contribution in [0.3, 0.4) is 0 Å². The van der Waals surface area contributed by atoms with Crippen molar-refractivity contribution in [3.63, 3.8) is 0 Å². The molecule has 5 rings (SSSR count). The van der Waals surface area contributed by atoms with E-state index >= 15 is 0 Å². The van der Waals surface area contributed by atoms with E-state index in [9.17, 15) is 0 Å². The third-order valence-electron chi connectivity index (χ3n) is 6.17. The minimum atomic E-state index is 0.244. The molecule has 1 aliphatic rings. The zero-order valence-electron chi connectivity index (χ0n) is 18.0. The standard InChI is InChI=1S/C28H27NO2/c1-19(24-9-5-7-21-6-3-4-8-25(21)24)29-18-20-10-12-28(30-2)26(16-20)22-11-13-27-23(17-22)14-15-31-27/h3-13,16-17,19,29H,14-15,18H2,1-2H3/t19-/m1/s1. The highest BCUT2D eigenvalue weighted by Crippen LogP contribution is 2.35. The molecule has 1 heterocycles. The third kappa shape index (κ3) is 3.89. The molecule has 0 aliphatic carbocycles. The van der Waals surface area contributed by atoms with Crippen molar-refractivity contribution in [1.29, 1.82) is 0 Å². The van der Waals surface area contributed by atoms with Crippen LogP contribution in [0.4, 0.5) is 0 Å². The minimum absolute atomic E-state index is 0.244. The Morgan fingerprint density at radius 2 is 1.84 bits per heavy atom. The lowest BCUT2D eigenvalue weighted by Crippen LogP contribution is -2.18. The molecule has 3 nitrogen and oxygen atoms in total. The minimum Gasteiger partial charge on any atom is -0.496 e. The van der Waals surface area contributed by atoms with Crippen molar-refractivity contribution >= 4 is 10.8 Å². The number of hydrogen-bond donors (Lipinski definition) is 1. The average molecular weight is 410 g/mol. The van der Waals surface area contributed by atoms with Crippen molar-refractivity contribution in [2.75, 3.05) is 13.7 Å². The predicted molar refractivity (Wildman–Crippen MR) is 127 cm³/mol. The van der Waals surface area contributed by atoms with Gasteiger partial charge in [-0.25, -0.2) is 0 Å². The lowest BCUT2D eigenvalue weighted by molar-refractivity contribution is 0.357. The van der Waals surface area contributed by atoms with Crippen molar-refractivity contribution in [3.05, 3.63) is 95.6 Å². The summed E-state index contributed by atoms with van der Waals surface area (Å²) in [4.78, 5) is 0. The molecular formula is C28H27NO2. The lowest BCUT2D eigenvalue weighted by atomic mass is 9.98. The first-order chi connectivity index (χ1) is 15.2. The largest absolute Gasteiger partial charge is 0.496 e. The number of benzene rings is 4. The van der Waals surface area contributed by atoms with Crippen LogP contribution in [0, 0.1) is 0 Å². The summed E-state index contributed by atoms with van der Waals surface area (Å²) in [5, 5.41) is 6.29. The molecular weight excluding hydrogens is 382 g/mol. The first kappa shape index (κ1) is 19.7. The van der Waals surface area contributed by atoms with E-state index < -0.39 is 0 Å². The fraction of sp³-hybridized carbons (Fsp3) is 0.214. The maximum atomic E-state index is 5.67. The number of nitrogens with one attached hydrogen (secondary N) is 1. The fourth-order valence-corrected chi connectivity index (χ4v) is 4.45. The Morgan fingerprint density at radius 3 is 2.74 bits per heavy atom. The highest BCUT2D eigenvalue weighted by Gasteiger charge is 2.15.